The van der Waals surface area contributed by atoms with Gasteiger partial charge in [0, 0.05) is 62.7 Å². The zero-order valence-electron chi connectivity index (χ0n) is 38.7. The van der Waals surface area contributed by atoms with E-state index >= 15 is 0 Å². The van der Waals surface area contributed by atoms with Gasteiger partial charge in [-0.15, -0.1) is 0 Å². The van der Waals surface area contributed by atoms with Crippen LogP contribution in [0.2, 0.25) is 0 Å². The van der Waals surface area contributed by atoms with E-state index in [4.69, 9.17) is 29.9 Å². The highest BCUT2D eigenvalue weighted by molar-refractivity contribution is 6.14. The van der Waals surface area contributed by atoms with E-state index in [2.05, 4.69) is 213 Å². The number of hydrogen-bond donors (Lipinski definition) is 0. The van der Waals surface area contributed by atoms with E-state index < -0.39 is 0 Å². The first-order chi connectivity index (χ1) is 35.1. The lowest BCUT2D eigenvalue weighted by Gasteiger charge is -2.15. The summed E-state index contributed by atoms with van der Waals surface area (Å²) in [6.45, 7) is 2.06. The lowest BCUT2D eigenvalue weighted by molar-refractivity contribution is 1.07. The molecule has 332 valence electrons. The van der Waals surface area contributed by atoms with Crippen molar-refractivity contribution < 1.29 is 0 Å². The zero-order valence-corrected chi connectivity index (χ0v) is 38.7. The van der Waals surface area contributed by atoms with Crippen molar-refractivity contribution in [3.05, 3.63) is 243 Å². The third kappa shape index (κ3) is 7.83. The van der Waals surface area contributed by atoms with Gasteiger partial charge in [0.2, 0.25) is 0 Å². The van der Waals surface area contributed by atoms with Crippen LogP contribution in [0.4, 0.5) is 0 Å². The molecule has 0 saturated heterocycles. The van der Waals surface area contributed by atoms with Gasteiger partial charge < -0.3 is 0 Å². The van der Waals surface area contributed by atoms with Crippen molar-refractivity contribution in [1.82, 2.24) is 29.9 Å². The van der Waals surface area contributed by atoms with Crippen molar-refractivity contribution in [3.8, 4) is 90.2 Å². The average molecular weight is 907 g/mol. The van der Waals surface area contributed by atoms with Crippen molar-refractivity contribution in [2.24, 2.45) is 0 Å². The van der Waals surface area contributed by atoms with Gasteiger partial charge in [-0.2, -0.15) is 0 Å². The van der Waals surface area contributed by atoms with E-state index in [1.165, 1.54) is 21.5 Å². The summed E-state index contributed by atoms with van der Waals surface area (Å²) in [6, 6.07) is 76.8. The highest BCUT2D eigenvalue weighted by Gasteiger charge is 2.18. The predicted octanol–water partition coefficient (Wildman–Crippen LogP) is 16.3. The lowest BCUT2D eigenvalue weighted by atomic mass is 9.90. The molecule has 6 heteroatoms. The van der Waals surface area contributed by atoms with Crippen molar-refractivity contribution >= 4 is 43.1 Å². The fourth-order valence-corrected chi connectivity index (χ4v) is 9.86. The van der Waals surface area contributed by atoms with Gasteiger partial charge in [-0.1, -0.05) is 176 Å². The van der Waals surface area contributed by atoms with Crippen LogP contribution in [0, 0.1) is 6.92 Å². The second kappa shape index (κ2) is 17.5. The van der Waals surface area contributed by atoms with E-state index in [0.29, 0.717) is 17.5 Å². The largest absolute Gasteiger partial charge is 0.256 e. The minimum atomic E-state index is 0.568. The molecule has 0 atom stereocenters. The van der Waals surface area contributed by atoms with E-state index in [1.807, 2.05) is 30.7 Å². The van der Waals surface area contributed by atoms with Crippen LogP contribution >= 0.6 is 0 Å². The Bertz CT molecular complexity index is 4000. The van der Waals surface area contributed by atoms with E-state index in [1.54, 1.807) is 0 Å². The van der Waals surface area contributed by atoms with Gasteiger partial charge >= 0.3 is 0 Å². The molecule has 0 aliphatic carbocycles. The van der Waals surface area contributed by atoms with Crippen molar-refractivity contribution in [3.63, 3.8) is 0 Å². The lowest BCUT2D eigenvalue weighted by Crippen LogP contribution is -2.01. The Morgan fingerprint density at radius 2 is 0.732 bits per heavy atom. The summed E-state index contributed by atoms with van der Waals surface area (Å²) >= 11 is 0. The maximum Gasteiger partial charge on any atom is 0.164 e. The Kier molecular flexibility index (Phi) is 10.3. The van der Waals surface area contributed by atoms with E-state index in [0.717, 1.165) is 99.8 Å². The molecule has 0 aliphatic rings. The number of benzene rings is 9. The maximum atomic E-state index is 5.34. The molecule has 13 aromatic rings. The third-order valence-corrected chi connectivity index (χ3v) is 13.5. The van der Waals surface area contributed by atoms with Crippen LogP contribution in [-0.4, -0.2) is 29.9 Å². The topological polar surface area (TPSA) is 77.3 Å². The van der Waals surface area contributed by atoms with Gasteiger partial charge in [0.15, 0.2) is 17.5 Å². The molecule has 4 heterocycles. The van der Waals surface area contributed by atoms with Crippen molar-refractivity contribution in [1.29, 1.82) is 0 Å². The minimum Gasteiger partial charge on any atom is -0.256 e. The van der Waals surface area contributed by atoms with Gasteiger partial charge in [-0.05, 0) is 110 Å². The molecule has 0 fully saturated rings. The molecular weight excluding hydrogens is 865 g/mol. The molecule has 4 aromatic heterocycles. The number of nitrogens with zero attached hydrogens (tertiary/aromatic N) is 6. The zero-order chi connectivity index (χ0) is 47.3. The molecule has 0 spiro atoms. The number of rotatable bonds is 8. The van der Waals surface area contributed by atoms with Gasteiger partial charge in [-0.25, -0.2) is 15.0 Å². The number of fused-ring (bicyclic) bond motifs is 5. The second-order valence-electron chi connectivity index (χ2n) is 18.0. The van der Waals surface area contributed by atoms with Crippen LogP contribution < -0.4 is 0 Å². The first-order valence-corrected chi connectivity index (χ1v) is 23.8. The number of aromatic nitrogens is 6. The first-order valence-electron chi connectivity index (χ1n) is 23.8. The summed E-state index contributed by atoms with van der Waals surface area (Å²) in [6.07, 6.45) is 5.66. The number of pyridine rings is 3. The summed E-state index contributed by atoms with van der Waals surface area (Å²) < 4.78 is 0. The van der Waals surface area contributed by atoms with E-state index in [9.17, 15) is 0 Å². The Balaban J connectivity index is 0.991. The molecule has 0 bridgehead atoms. The molecule has 71 heavy (non-hydrogen) atoms. The summed E-state index contributed by atoms with van der Waals surface area (Å²) in [5.41, 5.74) is 13.9. The highest BCUT2D eigenvalue weighted by atomic mass is 15.0. The highest BCUT2D eigenvalue weighted by Crippen LogP contribution is 2.40. The van der Waals surface area contributed by atoms with Gasteiger partial charge in [-0.3, -0.25) is 15.0 Å². The van der Waals surface area contributed by atoms with Crippen LogP contribution in [0.15, 0.2) is 237 Å². The third-order valence-electron chi connectivity index (χ3n) is 13.5. The summed E-state index contributed by atoms with van der Waals surface area (Å²) in [5, 5.41) is 9.28. The Labute approximate surface area is 410 Å². The Hall–Kier alpha value is -9.52. The van der Waals surface area contributed by atoms with E-state index in [-0.39, 0.29) is 0 Å². The van der Waals surface area contributed by atoms with Crippen molar-refractivity contribution in [2.75, 3.05) is 0 Å². The van der Waals surface area contributed by atoms with Crippen molar-refractivity contribution in [2.45, 2.75) is 6.92 Å². The first kappa shape index (κ1) is 41.7. The minimum absolute atomic E-state index is 0.568. The van der Waals surface area contributed by atoms with Crippen LogP contribution in [0.1, 0.15) is 5.56 Å². The Morgan fingerprint density at radius 3 is 1.31 bits per heavy atom. The molecule has 0 unspecified atom stereocenters. The molecule has 6 nitrogen and oxygen atoms in total. The SMILES string of the molecule is Cc1ccc(-c2ccc(-c3cc(-c4nc(-c5ccc(-c6nccc7ccccc67)cc5)nc(-c5ccc(-c6nccc7ccccc67)cc5)n4)cc(-c4cc5ccccc5c5ccccc45)c3)cc2)nc1. The number of hydrogen-bond acceptors (Lipinski definition) is 6. The maximum absolute atomic E-state index is 5.34. The predicted molar refractivity (Wildman–Crippen MR) is 291 cm³/mol. The Morgan fingerprint density at radius 1 is 0.282 bits per heavy atom. The fraction of sp³-hybridized carbons (Fsp3) is 0.0154. The van der Waals surface area contributed by atoms with Gasteiger partial charge in [0.25, 0.3) is 0 Å². The molecular formula is C65H42N6. The molecule has 13 rings (SSSR count). The molecule has 0 radical (unpaired) electrons. The standard InChI is InChI=1S/C65H42N6/c1-41-18-31-60(68-40-41)45-21-19-42(20-22-45)51-36-52(59-39-50-12-4-5-13-54(50)57-16-8-9-17-58(57)59)38-53(37-51)65-70-63(48-27-23-46(24-28-48)61-55-14-6-2-10-43(55)32-34-66-61)69-64(71-65)49-29-25-47(26-30-49)62-56-15-7-3-11-44(56)33-35-67-62/h2-40H,1H3. The fourth-order valence-electron chi connectivity index (χ4n) is 9.86. The second-order valence-corrected chi connectivity index (χ2v) is 18.0. The van der Waals surface area contributed by atoms with Crippen LogP contribution in [0.25, 0.3) is 133 Å². The van der Waals surface area contributed by atoms with Crippen LogP contribution in [-0.2, 0) is 0 Å². The van der Waals surface area contributed by atoms with Crippen LogP contribution in [0.3, 0.4) is 0 Å². The average Bonchev–Trinajstić information content (AvgIpc) is 3.45. The smallest absolute Gasteiger partial charge is 0.164 e. The summed E-state index contributed by atoms with van der Waals surface area (Å²) in [7, 11) is 0. The summed E-state index contributed by atoms with van der Waals surface area (Å²) in [4.78, 5) is 30.2. The van der Waals surface area contributed by atoms with Gasteiger partial charge in [0.1, 0.15) is 0 Å². The quantitative estimate of drug-likeness (QED) is 0.141. The summed E-state index contributed by atoms with van der Waals surface area (Å²) in [5.74, 6) is 1.71. The molecule has 0 amide bonds. The normalized spacial score (nSPS) is 11.5. The molecule has 0 aliphatic heterocycles. The monoisotopic (exact) mass is 906 g/mol. The molecule has 0 N–H and O–H groups in total. The number of aryl methyl sites for hydroxylation is 1. The van der Waals surface area contributed by atoms with Crippen LogP contribution in [0.5, 0.6) is 0 Å². The molecule has 0 saturated carbocycles. The molecule has 9 aromatic carbocycles. The van der Waals surface area contributed by atoms with Gasteiger partial charge in [0.05, 0.1) is 17.1 Å².